The van der Waals surface area contributed by atoms with Crippen molar-refractivity contribution in [2.75, 3.05) is 4.90 Å². The van der Waals surface area contributed by atoms with Crippen molar-refractivity contribution < 1.29 is 14.5 Å². The normalized spacial score (nSPS) is 28.9. The van der Waals surface area contributed by atoms with E-state index in [1.54, 1.807) is 13.0 Å². The fourth-order valence-electron chi connectivity index (χ4n) is 4.78. The van der Waals surface area contributed by atoms with Gasteiger partial charge in [-0.3, -0.25) is 19.7 Å². The van der Waals surface area contributed by atoms with Crippen LogP contribution < -0.4 is 4.90 Å². The number of rotatable bonds is 2. The standard InChI is InChI=1S/C20H20N2O4/c1-9(2)16-12-5-6-13(16)18-17(12)19(23)21(20(18)24)14-7-10(3)11(4)8-15(14)22(25)26/h5-8,12-13,17-18H,1-4H3/t12-,13+,17-,18-/m0/s1. The van der Waals surface area contributed by atoms with Gasteiger partial charge in [0, 0.05) is 17.9 Å². The highest BCUT2D eigenvalue weighted by atomic mass is 16.6. The van der Waals surface area contributed by atoms with Crippen molar-refractivity contribution in [2.45, 2.75) is 27.7 Å². The molecule has 2 bridgehead atoms. The Morgan fingerprint density at radius 3 is 1.96 bits per heavy atom. The summed E-state index contributed by atoms with van der Waals surface area (Å²) >= 11 is 0. The minimum Gasteiger partial charge on any atom is -0.274 e. The summed E-state index contributed by atoms with van der Waals surface area (Å²) in [7, 11) is 0. The summed E-state index contributed by atoms with van der Waals surface area (Å²) < 4.78 is 0. The molecule has 1 heterocycles. The van der Waals surface area contributed by atoms with Gasteiger partial charge in [-0.1, -0.05) is 23.3 Å². The lowest BCUT2D eigenvalue weighted by Gasteiger charge is -2.20. The molecular weight excluding hydrogens is 332 g/mol. The zero-order valence-corrected chi connectivity index (χ0v) is 15.1. The average molecular weight is 352 g/mol. The zero-order valence-electron chi connectivity index (χ0n) is 15.1. The van der Waals surface area contributed by atoms with Gasteiger partial charge in [0.25, 0.3) is 5.69 Å². The lowest BCUT2D eigenvalue weighted by molar-refractivity contribution is -0.384. The number of anilines is 1. The molecule has 6 heteroatoms. The average Bonchev–Trinajstić information content (AvgIpc) is 3.20. The largest absolute Gasteiger partial charge is 0.293 e. The van der Waals surface area contributed by atoms with E-state index in [9.17, 15) is 19.7 Å². The summed E-state index contributed by atoms with van der Waals surface area (Å²) in [6, 6.07) is 3.02. The van der Waals surface area contributed by atoms with Gasteiger partial charge in [-0.2, -0.15) is 0 Å². The predicted molar refractivity (Wildman–Crippen MR) is 96.5 cm³/mol. The SMILES string of the molecule is CC(C)=C1[C@H]2C=C[C@@H]1[C@@H]1C(=O)N(c3cc(C)c(C)cc3[N+](=O)[O-])C(=O)[C@H]12. The van der Waals surface area contributed by atoms with Gasteiger partial charge >= 0.3 is 0 Å². The Bertz CT molecular complexity index is 905. The molecule has 6 nitrogen and oxygen atoms in total. The number of carbonyl (C=O) groups is 2. The van der Waals surface area contributed by atoms with Gasteiger partial charge in [0.2, 0.25) is 11.8 Å². The molecule has 1 aromatic carbocycles. The lowest BCUT2D eigenvalue weighted by Crippen LogP contribution is -2.34. The lowest BCUT2D eigenvalue weighted by atomic mass is 9.85. The van der Waals surface area contributed by atoms with Gasteiger partial charge < -0.3 is 0 Å². The van der Waals surface area contributed by atoms with E-state index >= 15 is 0 Å². The molecule has 2 amide bonds. The van der Waals surface area contributed by atoms with E-state index in [4.69, 9.17) is 0 Å². The molecule has 0 N–H and O–H groups in total. The van der Waals surface area contributed by atoms with E-state index in [0.29, 0.717) is 0 Å². The van der Waals surface area contributed by atoms with Gasteiger partial charge in [0.1, 0.15) is 5.69 Å². The first-order chi connectivity index (χ1) is 12.2. The van der Waals surface area contributed by atoms with Crippen molar-refractivity contribution in [2.24, 2.45) is 23.7 Å². The molecule has 2 fully saturated rings. The molecule has 1 aliphatic heterocycles. The minimum atomic E-state index is -0.523. The van der Waals surface area contributed by atoms with Crippen molar-refractivity contribution in [1.29, 1.82) is 0 Å². The number of nitrogens with zero attached hydrogens (tertiary/aromatic N) is 2. The second-order valence-corrected chi connectivity index (χ2v) is 7.64. The maximum atomic E-state index is 13.2. The quantitative estimate of drug-likeness (QED) is 0.353. The number of carbonyl (C=O) groups excluding carboxylic acids is 2. The Hall–Kier alpha value is -2.76. The van der Waals surface area contributed by atoms with Gasteiger partial charge in [-0.15, -0.1) is 0 Å². The van der Waals surface area contributed by atoms with E-state index in [2.05, 4.69) is 0 Å². The number of allylic oxidation sites excluding steroid dienone is 4. The molecule has 4 atom stereocenters. The maximum Gasteiger partial charge on any atom is 0.293 e. The van der Waals surface area contributed by atoms with Crippen LogP contribution in [0.3, 0.4) is 0 Å². The van der Waals surface area contributed by atoms with Crippen LogP contribution in [0.2, 0.25) is 0 Å². The number of aryl methyl sites for hydroxylation is 2. The highest BCUT2D eigenvalue weighted by Gasteiger charge is 2.62. The summed E-state index contributed by atoms with van der Waals surface area (Å²) in [6.45, 7) is 7.61. The molecule has 3 aliphatic rings. The van der Waals surface area contributed by atoms with Crippen LogP contribution in [0.4, 0.5) is 11.4 Å². The van der Waals surface area contributed by atoms with Crippen molar-refractivity contribution >= 4 is 23.2 Å². The molecular formula is C20H20N2O4. The summed E-state index contributed by atoms with van der Waals surface area (Å²) in [5, 5.41) is 11.5. The molecule has 0 radical (unpaired) electrons. The molecule has 0 spiro atoms. The molecule has 1 saturated carbocycles. The van der Waals surface area contributed by atoms with Crippen LogP contribution in [0.15, 0.2) is 35.4 Å². The van der Waals surface area contributed by atoms with Crippen LogP contribution in [-0.2, 0) is 9.59 Å². The summed E-state index contributed by atoms with van der Waals surface area (Å²) in [6.07, 6.45) is 4.02. The number of benzene rings is 1. The van der Waals surface area contributed by atoms with Crippen LogP contribution in [0.5, 0.6) is 0 Å². The van der Waals surface area contributed by atoms with E-state index in [1.807, 2.05) is 32.9 Å². The van der Waals surface area contributed by atoms with Gasteiger partial charge in [0.05, 0.1) is 16.8 Å². The molecule has 26 heavy (non-hydrogen) atoms. The van der Waals surface area contributed by atoms with Crippen molar-refractivity contribution in [3.05, 3.63) is 56.7 Å². The van der Waals surface area contributed by atoms with Crippen LogP contribution in [-0.4, -0.2) is 16.7 Å². The molecule has 1 saturated heterocycles. The summed E-state index contributed by atoms with van der Waals surface area (Å²) in [5.74, 6) is -1.65. The third kappa shape index (κ3) is 1.98. The fourth-order valence-corrected chi connectivity index (χ4v) is 4.78. The van der Waals surface area contributed by atoms with Gasteiger partial charge in [-0.05, 0) is 44.9 Å². The molecule has 134 valence electrons. The zero-order chi connectivity index (χ0) is 18.9. The second kappa shape index (κ2) is 5.37. The number of hydrogen-bond donors (Lipinski definition) is 0. The van der Waals surface area contributed by atoms with Crippen LogP contribution >= 0.6 is 0 Å². The Labute approximate surface area is 151 Å². The number of fused-ring (bicyclic) bond motifs is 5. The van der Waals surface area contributed by atoms with E-state index in [1.165, 1.54) is 6.07 Å². The monoisotopic (exact) mass is 352 g/mol. The molecule has 4 rings (SSSR count). The molecule has 0 aromatic heterocycles. The number of imide groups is 1. The maximum absolute atomic E-state index is 13.2. The van der Waals surface area contributed by atoms with E-state index in [-0.39, 0.29) is 35.0 Å². The van der Waals surface area contributed by atoms with Crippen molar-refractivity contribution in [3.8, 4) is 0 Å². The van der Waals surface area contributed by atoms with Crippen molar-refractivity contribution in [1.82, 2.24) is 0 Å². The summed E-state index contributed by atoms with van der Waals surface area (Å²) in [5.41, 5.74) is 3.78. The predicted octanol–water partition coefficient (Wildman–Crippen LogP) is 3.47. The third-order valence-corrected chi connectivity index (χ3v) is 6.02. The fraction of sp³-hybridized carbons (Fsp3) is 0.400. The highest BCUT2D eigenvalue weighted by molar-refractivity contribution is 6.24. The summed E-state index contributed by atoms with van der Waals surface area (Å²) in [4.78, 5) is 38.4. The van der Waals surface area contributed by atoms with Gasteiger partial charge in [-0.25, -0.2) is 4.90 Å². The van der Waals surface area contributed by atoms with Crippen LogP contribution in [0, 0.1) is 47.6 Å². The van der Waals surface area contributed by atoms with E-state index in [0.717, 1.165) is 27.2 Å². The topological polar surface area (TPSA) is 80.5 Å². The van der Waals surface area contributed by atoms with Crippen LogP contribution in [0.1, 0.15) is 25.0 Å². The number of nitro groups is 1. The molecule has 0 unspecified atom stereocenters. The van der Waals surface area contributed by atoms with Crippen LogP contribution in [0.25, 0.3) is 0 Å². The highest BCUT2D eigenvalue weighted by Crippen LogP contribution is 2.57. The number of hydrogen-bond acceptors (Lipinski definition) is 4. The number of nitro benzene ring substituents is 1. The first-order valence-corrected chi connectivity index (χ1v) is 8.73. The Morgan fingerprint density at radius 1 is 1.00 bits per heavy atom. The number of amides is 2. The van der Waals surface area contributed by atoms with Gasteiger partial charge in [0.15, 0.2) is 0 Å². The first-order valence-electron chi connectivity index (χ1n) is 8.73. The third-order valence-electron chi connectivity index (χ3n) is 6.02. The van der Waals surface area contributed by atoms with Crippen molar-refractivity contribution in [3.63, 3.8) is 0 Å². The molecule has 2 aliphatic carbocycles. The Morgan fingerprint density at radius 2 is 1.50 bits per heavy atom. The Kier molecular flexibility index (Phi) is 3.45. The van der Waals surface area contributed by atoms with E-state index < -0.39 is 16.8 Å². The minimum absolute atomic E-state index is 0.0675. The molecule has 1 aromatic rings. The second-order valence-electron chi connectivity index (χ2n) is 7.64. The first kappa shape index (κ1) is 16.7. The smallest absolute Gasteiger partial charge is 0.274 e. The Balaban J connectivity index is 1.83.